The summed E-state index contributed by atoms with van der Waals surface area (Å²) in [5.41, 5.74) is 0. The van der Waals surface area contributed by atoms with Gasteiger partial charge in [-0.3, -0.25) is 4.90 Å². The number of likely N-dealkylation sites (N-methyl/N-ethyl adjacent to an activating group) is 1. The molecule has 20 heavy (non-hydrogen) atoms. The fraction of sp³-hybridized carbons (Fsp3) is 1.00. The second-order valence-corrected chi connectivity index (χ2v) is 7.23. The van der Waals surface area contributed by atoms with Crippen molar-refractivity contribution in [3.05, 3.63) is 0 Å². The maximum Gasteiger partial charge on any atom is 0.0254 e. The normalized spacial score (nSPS) is 36.5. The molecule has 0 radical (unpaired) electrons. The first kappa shape index (κ1) is 16.3. The summed E-state index contributed by atoms with van der Waals surface area (Å²) in [7, 11) is 4.48. The third-order valence-corrected chi connectivity index (χ3v) is 5.37. The van der Waals surface area contributed by atoms with Crippen molar-refractivity contribution in [1.29, 1.82) is 0 Å². The minimum atomic E-state index is 0.727. The summed E-state index contributed by atoms with van der Waals surface area (Å²) in [4.78, 5) is 5.23. The lowest BCUT2D eigenvalue weighted by Gasteiger charge is -2.34. The van der Waals surface area contributed by atoms with E-state index in [2.05, 4.69) is 43.1 Å². The molecule has 0 aromatic rings. The molecular weight excluding hydrogens is 246 g/mol. The average Bonchev–Trinajstić information content (AvgIpc) is 2.66. The minimum Gasteiger partial charge on any atom is -0.312 e. The minimum absolute atomic E-state index is 0.727. The van der Waals surface area contributed by atoms with Crippen molar-refractivity contribution in [3.8, 4) is 0 Å². The number of hydrogen-bond acceptors (Lipinski definition) is 3. The Morgan fingerprint density at radius 2 is 1.85 bits per heavy atom. The lowest BCUT2D eigenvalue weighted by Crippen LogP contribution is -2.49. The topological polar surface area (TPSA) is 18.5 Å². The van der Waals surface area contributed by atoms with Crippen LogP contribution in [-0.4, -0.2) is 61.7 Å². The van der Waals surface area contributed by atoms with Crippen LogP contribution in [0.25, 0.3) is 0 Å². The van der Waals surface area contributed by atoms with Gasteiger partial charge in [0, 0.05) is 31.2 Å². The van der Waals surface area contributed by atoms with E-state index in [0.29, 0.717) is 0 Å². The third kappa shape index (κ3) is 3.96. The van der Waals surface area contributed by atoms with Gasteiger partial charge in [-0.15, -0.1) is 0 Å². The summed E-state index contributed by atoms with van der Waals surface area (Å²) in [5, 5.41) is 3.84. The molecular formula is C17H35N3. The Bertz CT molecular complexity index is 279. The first-order valence-corrected chi connectivity index (χ1v) is 8.77. The van der Waals surface area contributed by atoms with E-state index in [9.17, 15) is 0 Å². The zero-order valence-electron chi connectivity index (χ0n) is 14.1. The monoisotopic (exact) mass is 281 g/mol. The van der Waals surface area contributed by atoms with E-state index in [-0.39, 0.29) is 0 Å². The van der Waals surface area contributed by atoms with Crippen molar-refractivity contribution in [1.82, 2.24) is 15.1 Å². The molecule has 0 bridgehead atoms. The fourth-order valence-corrected chi connectivity index (χ4v) is 4.22. The van der Waals surface area contributed by atoms with Crippen molar-refractivity contribution in [2.75, 3.05) is 33.7 Å². The molecule has 1 N–H and O–H groups in total. The highest BCUT2D eigenvalue weighted by molar-refractivity contribution is 4.95. The van der Waals surface area contributed by atoms with E-state index in [1.165, 1.54) is 58.2 Å². The van der Waals surface area contributed by atoms with E-state index < -0.39 is 0 Å². The molecule has 2 fully saturated rings. The molecule has 2 rings (SSSR count). The highest BCUT2D eigenvalue weighted by Crippen LogP contribution is 2.29. The van der Waals surface area contributed by atoms with Gasteiger partial charge in [-0.2, -0.15) is 0 Å². The van der Waals surface area contributed by atoms with Crippen molar-refractivity contribution < 1.29 is 0 Å². The second-order valence-electron chi connectivity index (χ2n) is 7.23. The zero-order valence-corrected chi connectivity index (χ0v) is 14.1. The lowest BCUT2D eigenvalue weighted by molar-refractivity contribution is 0.167. The molecule has 0 amide bonds. The van der Waals surface area contributed by atoms with Crippen LogP contribution in [0, 0.1) is 5.92 Å². The molecule has 4 atom stereocenters. The largest absolute Gasteiger partial charge is 0.312 e. The fourth-order valence-electron chi connectivity index (χ4n) is 4.22. The van der Waals surface area contributed by atoms with E-state index in [1.54, 1.807) is 0 Å². The van der Waals surface area contributed by atoms with Crippen LogP contribution in [0.5, 0.6) is 0 Å². The van der Waals surface area contributed by atoms with E-state index in [1.807, 2.05) is 0 Å². The van der Waals surface area contributed by atoms with Gasteiger partial charge < -0.3 is 10.2 Å². The molecule has 4 unspecified atom stereocenters. The Morgan fingerprint density at radius 1 is 1.10 bits per heavy atom. The Hall–Kier alpha value is -0.120. The molecule has 0 spiro atoms. The summed E-state index contributed by atoms with van der Waals surface area (Å²) >= 11 is 0. The van der Waals surface area contributed by atoms with Gasteiger partial charge in [-0.1, -0.05) is 33.1 Å². The van der Waals surface area contributed by atoms with Crippen molar-refractivity contribution in [2.45, 2.75) is 70.5 Å². The Kier molecular flexibility index (Phi) is 6.31. The van der Waals surface area contributed by atoms with Crippen LogP contribution in [0.2, 0.25) is 0 Å². The lowest BCUT2D eigenvalue weighted by atomic mass is 10.0. The SMILES string of the molecule is CCCNC1CCCCCC1N1CC(C)C(N(C)C)C1. The molecule has 1 aliphatic heterocycles. The Balaban J connectivity index is 1.99. The standard InChI is InChI=1S/C17H35N3/c1-5-11-18-15-9-7-6-8-10-16(15)20-12-14(2)17(13-20)19(3)4/h14-18H,5-13H2,1-4H3. The maximum atomic E-state index is 3.84. The molecule has 2 aliphatic rings. The van der Waals surface area contributed by atoms with Gasteiger partial charge in [0.2, 0.25) is 0 Å². The molecule has 118 valence electrons. The predicted molar refractivity (Wildman–Crippen MR) is 87.2 cm³/mol. The van der Waals surface area contributed by atoms with Gasteiger partial charge in [-0.25, -0.2) is 0 Å². The molecule has 1 aliphatic carbocycles. The Morgan fingerprint density at radius 3 is 2.50 bits per heavy atom. The first-order chi connectivity index (χ1) is 9.63. The number of nitrogens with zero attached hydrogens (tertiary/aromatic N) is 2. The molecule has 0 aromatic carbocycles. The number of rotatable bonds is 5. The van der Waals surface area contributed by atoms with E-state index in [0.717, 1.165) is 24.0 Å². The molecule has 3 nitrogen and oxygen atoms in total. The van der Waals surface area contributed by atoms with Gasteiger partial charge in [0.25, 0.3) is 0 Å². The average molecular weight is 281 g/mol. The van der Waals surface area contributed by atoms with Crippen molar-refractivity contribution in [3.63, 3.8) is 0 Å². The quantitative estimate of drug-likeness (QED) is 0.781. The van der Waals surface area contributed by atoms with Gasteiger partial charge in [0.15, 0.2) is 0 Å². The molecule has 1 saturated carbocycles. The summed E-state index contributed by atoms with van der Waals surface area (Å²) < 4.78 is 0. The highest BCUT2D eigenvalue weighted by atomic mass is 15.3. The van der Waals surface area contributed by atoms with Gasteiger partial charge in [0.05, 0.1) is 0 Å². The molecule has 3 heteroatoms. The van der Waals surface area contributed by atoms with E-state index in [4.69, 9.17) is 0 Å². The molecule has 1 heterocycles. The van der Waals surface area contributed by atoms with Gasteiger partial charge >= 0.3 is 0 Å². The summed E-state index contributed by atoms with van der Waals surface area (Å²) in [6, 6.07) is 2.24. The number of hydrogen-bond donors (Lipinski definition) is 1. The molecule has 0 aromatic heterocycles. The van der Waals surface area contributed by atoms with Crippen molar-refractivity contribution in [2.24, 2.45) is 5.92 Å². The van der Waals surface area contributed by atoms with Crippen molar-refractivity contribution >= 4 is 0 Å². The van der Waals surface area contributed by atoms with Crippen LogP contribution in [-0.2, 0) is 0 Å². The highest BCUT2D eigenvalue weighted by Gasteiger charge is 2.37. The summed E-state index contributed by atoms with van der Waals surface area (Å²) in [6.07, 6.45) is 8.29. The van der Waals surface area contributed by atoms with Crippen LogP contribution in [0.15, 0.2) is 0 Å². The smallest absolute Gasteiger partial charge is 0.0254 e. The van der Waals surface area contributed by atoms with Crippen LogP contribution in [0.4, 0.5) is 0 Å². The Labute approximate surface area is 126 Å². The maximum absolute atomic E-state index is 3.84. The summed E-state index contributed by atoms with van der Waals surface area (Å²) in [5.74, 6) is 0.806. The predicted octanol–water partition coefficient (Wildman–Crippen LogP) is 2.57. The van der Waals surface area contributed by atoms with Gasteiger partial charge in [0.1, 0.15) is 0 Å². The van der Waals surface area contributed by atoms with Crippen LogP contribution in [0.1, 0.15) is 52.4 Å². The van der Waals surface area contributed by atoms with Crippen LogP contribution >= 0.6 is 0 Å². The number of nitrogens with one attached hydrogen (secondary N) is 1. The third-order valence-electron chi connectivity index (χ3n) is 5.37. The zero-order chi connectivity index (χ0) is 14.5. The van der Waals surface area contributed by atoms with Crippen LogP contribution in [0.3, 0.4) is 0 Å². The van der Waals surface area contributed by atoms with Gasteiger partial charge in [-0.05, 0) is 45.8 Å². The van der Waals surface area contributed by atoms with E-state index >= 15 is 0 Å². The molecule has 1 saturated heterocycles. The number of likely N-dealkylation sites (tertiary alicyclic amines) is 1. The second kappa shape index (κ2) is 7.77. The van der Waals surface area contributed by atoms with Crippen LogP contribution < -0.4 is 5.32 Å². The summed E-state index contributed by atoms with van der Waals surface area (Å²) in [6.45, 7) is 8.44. The first-order valence-electron chi connectivity index (χ1n) is 8.77.